The van der Waals surface area contributed by atoms with Gasteiger partial charge in [-0.2, -0.15) is 0 Å². The van der Waals surface area contributed by atoms with Crippen molar-refractivity contribution in [3.63, 3.8) is 0 Å². The molecule has 1 aromatic heterocycles. The van der Waals surface area contributed by atoms with E-state index in [1.807, 2.05) is 11.0 Å². The van der Waals surface area contributed by atoms with Gasteiger partial charge < -0.3 is 10.0 Å². The van der Waals surface area contributed by atoms with Crippen LogP contribution in [0.3, 0.4) is 0 Å². The number of aromatic nitrogens is 2. The molecule has 0 unspecified atom stereocenters. The van der Waals surface area contributed by atoms with Crippen molar-refractivity contribution in [2.45, 2.75) is 19.8 Å². The molecule has 0 saturated carbocycles. The summed E-state index contributed by atoms with van der Waals surface area (Å²) in [5, 5.41) is 8.98. The van der Waals surface area contributed by atoms with Crippen molar-refractivity contribution >= 4 is 5.82 Å². The summed E-state index contributed by atoms with van der Waals surface area (Å²) in [4.78, 5) is 10.4. The molecule has 0 aliphatic carbocycles. The van der Waals surface area contributed by atoms with Crippen LogP contribution in [0.25, 0.3) is 0 Å². The summed E-state index contributed by atoms with van der Waals surface area (Å²) in [5.41, 5.74) is 1.01. The van der Waals surface area contributed by atoms with Crippen molar-refractivity contribution in [1.29, 1.82) is 0 Å². The summed E-state index contributed by atoms with van der Waals surface area (Å²) in [6.45, 7) is 9.22. The Balaban J connectivity index is 2.90. The lowest BCUT2D eigenvalue weighted by Gasteiger charge is -2.21. The van der Waals surface area contributed by atoms with Crippen LogP contribution in [0.1, 0.15) is 25.5 Å². The quantitative estimate of drug-likeness (QED) is 0.741. The van der Waals surface area contributed by atoms with E-state index in [1.54, 1.807) is 12.4 Å². The van der Waals surface area contributed by atoms with Crippen molar-refractivity contribution < 1.29 is 5.11 Å². The molecule has 0 fully saturated rings. The van der Waals surface area contributed by atoms with Crippen LogP contribution in [0, 0.1) is 0 Å². The lowest BCUT2D eigenvalue weighted by atomic mass is 10.1. The van der Waals surface area contributed by atoms with Crippen LogP contribution in [0.5, 0.6) is 0 Å². The van der Waals surface area contributed by atoms with E-state index in [-0.39, 0.29) is 6.61 Å². The second kappa shape index (κ2) is 6.23. The third-order valence-corrected chi connectivity index (χ3v) is 2.31. The molecular weight excluding hydrogens is 202 g/mol. The van der Waals surface area contributed by atoms with Gasteiger partial charge in [-0.1, -0.05) is 19.9 Å². The van der Waals surface area contributed by atoms with Gasteiger partial charge in [-0.05, 0) is 5.92 Å². The fourth-order valence-electron chi connectivity index (χ4n) is 1.43. The molecule has 1 N–H and O–H groups in total. The summed E-state index contributed by atoms with van der Waals surface area (Å²) in [5.74, 6) is 1.22. The largest absolute Gasteiger partial charge is 0.395 e. The maximum absolute atomic E-state index is 8.98. The summed E-state index contributed by atoms with van der Waals surface area (Å²) < 4.78 is 0. The normalized spacial score (nSPS) is 10.5. The first-order chi connectivity index (χ1) is 7.69. The van der Waals surface area contributed by atoms with Crippen LogP contribution in [0.15, 0.2) is 25.0 Å². The van der Waals surface area contributed by atoms with Gasteiger partial charge in [0.25, 0.3) is 0 Å². The van der Waals surface area contributed by atoms with Crippen LogP contribution in [-0.2, 0) is 0 Å². The Morgan fingerprint density at radius 1 is 1.50 bits per heavy atom. The molecule has 0 aliphatic rings. The first-order valence-corrected chi connectivity index (χ1v) is 5.47. The predicted molar refractivity (Wildman–Crippen MR) is 65.6 cm³/mol. The van der Waals surface area contributed by atoms with E-state index in [4.69, 9.17) is 5.11 Å². The molecule has 0 radical (unpaired) electrons. The zero-order chi connectivity index (χ0) is 12.0. The van der Waals surface area contributed by atoms with E-state index in [2.05, 4.69) is 30.4 Å². The number of hydrogen-bond donors (Lipinski definition) is 1. The monoisotopic (exact) mass is 221 g/mol. The SMILES string of the molecule is C=CCN(CCO)c1cc(C(C)C)ncn1. The van der Waals surface area contributed by atoms with Crippen LogP contribution in [-0.4, -0.2) is 34.8 Å². The van der Waals surface area contributed by atoms with Crippen molar-refractivity contribution in [1.82, 2.24) is 9.97 Å². The maximum atomic E-state index is 8.98. The molecule has 1 rings (SSSR count). The molecule has 4 nitrogen and oxygen atoms in total. The average Bonchev–Trinajstić information content (AvgIpc) is 2.29. The Bertz CT molecular complexity index is 339. The first-order valence-electron chi connectivity index (χ1n) is 5.47. The van der Waals surface area contributed by atoms with Crippen molar-refractivity contribution in [2.24, 2.45) is 0 Å². The molecule has 88 valence electrons. The lowest BCUT2D eigenvalue weighted by Crippen LogP contribution is -2.27. The highest BCUT2D eigenvalue weighted by Crippen LogP contribution is 2.16. The van der Waals surface area contributed by atoms with Gasteiger partial charge in [0.15, 0.2) is 0 Å². The molecule has 1 aromatic rings. The Morgan fingerprint density at radius 3 is 2.81 bits per heavy atom. The fourth-order valence-corrected chi connectivity index (χ4v) is 1.43. The van der Waals surface area contributed by atoms with Gasteiger partial charge in [-0.15, -0.1) is 6.58 Å². The van der Waals surface area contributed by atoms with Gasteiger partial charge in [0.1, 0.15) is 12.1 Å². The van der Waals surface area contributed by atoms with Gasteiger partial charge in [0.2, 0.25) is 0 Å². The smallest absolute Gasteiger partial charge is 0.132 e. The molecule has 16 heavy (non-hydrogen) atoms. The van der Waals surface area contributed by atoms with Gasteiger partial charge in [-0.3, -0.25) is 0 Å². The van der Waals surface area contributed by atoms with Gasteiger partial charge >= 0.3 is 0 Å². The fraction of sp³-hybridized carbons (Fsp3) is 0.500. The second-order valence-electron chi connectivity index (χ2n) is 3.91. The Kier molecular flexibility index (Phi) is 4.92. The molecule has 0 bridgehead atoms. The molecule has 0 saturated heterocycles. The van der Waals surface area contributed by atoms with Crippen LogP contribution in [0.2, 0.25) is 0 Å². The minimum atomic E-state index is 0.106. The third kappa shape index (κ3) is 3.31. The summed E-state index contributed by atoms with van der Waals surface area (Å²) in [7, 11) is 0. The second-order valence-corrected chi connectivity index (χ2v) is 3.91. The molecule has 1 heterocycles. The zero-order valence-electron chi connectivity index (χ0n) is 9.93. The highest BCUT2D eigenvalue weighted by atomic mass is 16.3. The van der Waals surface area contributed by atoms with E-state index in [0.29, 0.717) is 19.0 Å². The molecule has 0 spiro atoms. The van der Waals surface area contributed by atoms with Crippen molar-refractivity contribution in [3.05, 3.63) is 30.7 Å². The van der Waals surface area contributed by atoms with Crippen LogP contribution in [0.4, 0.5) is 5.82 Å². The number of rotatable bonds is 6. The van der Waals surface area contributed by atoms with Crippen LogP contribution >= 0.6 is 0 Å². The highest BCUT2D eigenvalue weighted by molar-refractivity contribution is 5.40. The van der Waals surface area contributed by atoms with Crippen molar-refractivity contribution in [2.75, 3.05) is 24.6 Å². The van der Waals surface area contributed by atoms with Gasteiger partial charge in [0.05, 0.1) is 6.61 Å². The van der Waals surface area contributed by atoms with E-state index in [0.717, 1.165) is 11.5 Å². The molecule has 0 amide bonds. The molecular formula is C12H19N3O. The Morgan fingerprint density at radius 2 is 2.25 bits per heavy atom. The number of aliphatic hydroxyl groups excluding tert-OH is 1. The van der Waals surface area contributed by atoms with Gasteiger partial charge in [0, 0.05) is 24.8 Å². The minimum absolute atomic E-state index is 0.106. The molecule has 0 aromatic carbocycles. The molecule has 0 aliphatic heterocycles. The zero-order valence-corrected chi connectivity index (χ0v) is 9.93. The molecule has 4 heteroatoms. The highest BCUT2D eigenvalue weighted by Gasteiger charge is 2.08. The molecule has 0 atom stereocenters. The van der Waals surface area contributed by atoms with Gasteiger partial charge in [-0.25, -0.2) is 9.97 Å². The first kappa shape index (κ1) is 12.6. The summed E-state index contributed by atoms with van der Waals surface area (Å²) >= 11 is 0. The standard InChI is InChI=1S/C12H19N3O/c1-4-5-15(6-7-16)12-8-11(10(2)3)13-9-14-12/h4,8-10,16H,1,5-7H2,2-3H3. The topological polar surface area (TPSA) is 49.2 Å². The minimum Gasteiger partial charge on any atom is -0.395 e. The predicted octanol–water partition coefficient (Wildman–Crippen LogP) is 1.58. The van der Waals surface area contributed by atoms with E-state index >= 15 is 0 Å². The Labute approximate surface area is 96.7 Å². The Hall–Kier alpha value is -1.42. The number of aliphatic hydroxyl groups is 1. The summed E-state index contributed by atoms with van der Waals surface area (Å²) in [6.07, 6.45) is 3.37. The van der Waals surface area contributed by atoms with E-state index < -0.39 is 0 Å². The summed E-state index contributed by atoms with van der Waals surface area (Å²) in [6, 6.07) is 1.96. The number of hydrogen-bond acceptors (Lipinski definition) is 4. The average molecular weight is 221 g/mol. The van der Waals surface area contributed by atoms with Crippen LogP contribution < -0.4 is 4.90 Å². The van der Waals surface area contributed by atoms with E-state index in [1.165, 1.54) is 0 Å². The number of anilines is 1. The van der Waals surface area contributed by atoms with E-state index in [9.17, 15) is 0 Å². The maximum Gasteiger partial charge on any atom is 0.132 e. The third-order valence-electron chi connectivity index (χ3n) is 2.31. The number of nitrogens with zero attached hydrogens (tertiary/aromatic N) is 3. The lowest BCUT2D eigenvalue weighted by molar-refractivity contribution is 0.302. The van der Waals surface area contributed by atoms with Crippen molar-refractivity contribution in [3.8, 4) is 0 Å².